The van der Waals surface area contributed by atoms with Crippen molar-refractivity contribution in [2.45, 2.75) is 44.9 Å². The molecule has 2 aliphatic rings. The molecule has 110 valence electrons. The average Bonchev–Trinajstić information content (AvgIpc) is 2.71. The van der Waals surface area contributed by atoms with E-state index < -0.39 is 5.79 Å². The van der Waals surface area contributed by atoms with Crippen LogP contribution in [0.15, 0.2) is 18.2 Å². The van der Waals surface area contributed by atoms with Crippen LogP contribution in [0.3, 0.4) is 0 Å². The molecule has 1 saturated heterocycles. The van der Waals surface area contributed by atoms with Gasteiger partial charge in [0, 0.05) is 38.2 Å². The highest BCUT2D eigenvalue weighted by Crippen LogP contribution is 2.40. The number of rotatable bonds is 3. The number of hydrogen-bond acceptors (Lipinski definition) is 4. The van der Waals surface area contributed by atoms with E-state index in [0.29, 0.717) is 6.04 Å². The zero-order valence-electron chi connectivity index (χ0n) is 12.6. The third-order valence-corrected chi connectivity index (χ3v) is 4.12. The monoisotopic (exact) mass is 276 g/mol. The van der Waals surface area contributed by atoms with Gasteiger partial charge in [-0.15, -0.1) is 0 Å². The van der Waals surface area contributed by atoms with Gasteiger partial charge in [-0.2, -0.15) is 0 Å². The lowest BCUT2D eigenvalue weighted by Gasteiger charge is -2.32. The first-order valence-corrected chi connectivity index (χ1v) is 7.50. The second kappa shape index (κ2) is 5.17. The Labute approximate surface area is 121 Å². The molecule has 4 nitrogen and oxygen atoms in total. The minimum absolute atomic E-state index is 0.551. The summed E-state index contributed by atoms with van der Waals surface area (Å²) in [5, 5.41) is 3.52. The van der Waals surface area contributed by atoms with Gasteiger partial charge in [0.15, 0.2) is 11.5 Å². The number of nitrogens with zero attached hydrogens (tertiary/aromatic N) is 1. The molecule has 1 fully saturated rings. The summed E-state index contributed by atoms with van der Waals surface area (Å²) in [7, 11) is 2.22. The van der Waals surface area contributed by atoms with Crippen LogP contribution in [0.1, 0.15) is 33.1 Å². The predicted octanol–water partition coefficient (Wildman–Crippen LogP) is 3.09. The van der Waals surface area contributed by atoms with Gasteiger partial charge in [0.2, 0.25) is 5.79 Å². The van der Waals surface area contributed by atoms with E-state index in [1.807, 2.05) is 26.0 Å². The molecule has 2 heterocycles. The number of anilines is 1. The van der Waals surface area contributed by atoms with Crippen LogP contribution in [0.2, 0.25) is 0 Å². The van der Waals surface area contributed by atoms with Crippen molar-refractivity contribution in [2.75, 3.05) is 25.5 Å². The van der Waals surface area contributed by atoms with Gasteiger partial charge in [-0.3, -0.25) is 0 Å². The molecule has 1 aromatic rings. The standard InChI is InChI=1S/C16H24N2O2/c1-16(2)19-14-8-7-12(10-15(14)20-16)17-11-13-6-4-5-9-18(13)3/h7-8,10,13,17H,4-6,9,11H2,1-3H3. The van der Waals surface area contributed by atoms with Crippen LogP contribution in [0.5, 0.6) is 11.5 Å². The summed E-state index contributed by atoms with van der Waals surface area (Å²) in [4.78, 5) is 2.45. The number of ether oxygens (including phenoxy) is 2. The molecule has 0 spiro atoms. The number of fused-ring (bicyclic) bond motifs is 1. The van der Waals surface area contributed by atoms with Crippen molar-refractivity contribution < 1.29 is 9.47 Å². The third-order valence-electron chi connectivity index (χ3n) is 4.12. The fraction of sp³-hybridized carbons (Fsp3) is 0.625. The minimum atomic E-state index is -0.551. The van der Waals surface area contributed by atoms with Crippen molar-refractivity contribution >= 4 is 5.69 Å². The summed E-state index contributed by atoms with van der Waals surface area (Å²) >= 11 is 0. The Balaban J connectivity index is 1.62. The highest BCUT2D eigenvalue weighted by atomic mass is 16.7. The molecule has 0 aromatic heterocycles. The molecule has 0 saturated carbocycles. The molecule has 20 heavy (non-hydrogen) atoms. The molecule has 1 aromatic carbocycles. The topological polar surface area (TPSA) is 33.7 Å². The molecule has 1 atom stereocenters. The van der Waals surface area contributed by atoms with Crippen LogP contribution in [-0.2, 0) is 0 Å². The van der Waals surface area contributed by atoms with Crippen molar-refractivity contribution in [3.63, 3.8) is 0 Å². The third kappa shape index (κ3) is 2.85. The molecule has 3 rings (SSSR count). The zero-order valence-corrected chi connectivity index (χ0v) is 12.6. The number of likely N-dealkylation sites (N-methyl/N-ethyl adjacent to an activating group) is 1. The van der Waals surface area contributed by atoms with E-state index in [4.69, 9.17) is 9.47 Å². The molecule has 4 heteroatoms. The summed E-state index contributed by atoms with van der Waals surface area (Å²) in [6.07, 6.45) is 3.94. The van der Waals surface area contributed by atoms with Gasteiger partial charge >= 0.3 is 0 Å². The molecular weight excluding hydrogens is 252 g/mol. The first-order valence-electron chi connectivity index (χ1n) is 7.50. The predicted molar refractivity (Wildman–Crippen MR) is 80.5 cm³/mol. The number of hydrogen-bond donors (Lipinski definition) is 1. The smallest absolute Gasteiger partial charge is 0.246 e. The molecule has 2 aliphatic heterocycles. The van der Waals surface area contributed by atoms with Crippen molar-refractivity contribution in [3.8, 4) is 11.5 Å². The van der Waals surface area contributed by atoms with E-state index in [9.17, 15) is 0 Å². The number of nitrogens with one attached hydrogen (secondary N) is 1. The normalized spacial score (nSPS) is 24.6. The van der Waals surface area contributed by atoms with E-state index in [0.717, 1.165) is 23.7 Å². The lowest BCUT2D eigenvalue weighted by Crippen LogP contribution is -2.40. The Morgan fingerprint density at radius 3 is 2.85 bits per heavy atom. The fourth-order valence-corrected chi connectivity index (χ4v) is 2.97. The van der Waals surface area contributed by atoms with Gasteiger partial charge in [-0.1, -0.05) is 6.42 Å². The number of likely N-dealkylation sites (tertiary alicyclic amines) is 1. The van der Waals surface area contributed by atoms with E-state index >= 15 is 0 Å². The second-order valence-corrected chi connectivity index (χ2v) is 6.28. The van der Waals surface area contributed by atoms with E-state index in [2.05, 4.69) is 23.3 Å². The highest BCUT2D eigenvalue weighted by molar-refractivity contribution is 5.56. The van der Waals surface area contributed by atoms with Crippen LogP contribution in [0.4, 0.5) is 5.69 Å². The Morgan fingerprint density at radius 1 is 1.25 bits per heavy atom. The Morgan fingerprint density at radius 2 is 2.05 bits per heavy atom. The Bertz CT molecular complexity index is 487. The number of benzene rings is 1. The second-order valence-electron chi connectivity index (χ2n) is 6.28. The van der Waals surface area contributed by atoms with Crippen LogP contribution in [0, 0.1) is 0 Å². The van der Waals surface area contributed by atoms with Gasteiger partial charge in [0.25, 0.3) is 0 Å². The lowest BCUT2D eigenvalue weighted by molar-refractivity contribution is -0.0431. The molecule has 0 amide bonds. The van der Waals surface area contributed by atoms with E-state index in [-0.39, 0.29) is 0 Å². The molecule has 1 N–H and O–H groups in total. The maximum atomic E-state index is 5.78. The zero-order chi connectivity index (χ0) is 14.2. The van der Waals surface area contributed by atoms with Crippen molar-refractivity contribution in [1.82, 2.24) is 4.90 Å². The minimum Gasteiger partial charge on any atom is -0.449 e. The molecule has 0 aliphatic carbocycles. The van der Waals surface area contributed by atoms with Crippen molar-refractivity contribution in [2.24, 2.45) is 0 Å². The maximum Gasteiger partial charge on any atom is 0.246 e. The summed E-state index contributed by atoms with van der Waals surface area (Å²) in [6.45, 7) is 6.05. The van der Waals surface area contributed by atoms with Gasteiger partial charge in [0.05, 0.1) is 0 Å². The largest absolute Gasteiger partial charge is 0.449 e. The van der Waals surface area contributed by atoms with Crippen molar-refractivity contribution in [1.29, 1.82) is 0 Å². The summed E-state index contributed by atoms with van der Waals surface area (Å²) in [5.41, 5.74) is 1.10. The Hall–Kier alpha value is -1.42. The van der Waals surface area contributed by atoms with Crippen LogP contribution in [-0.4, -0.2) is 36.9 Å². The summed E-state index contributed by atoms with van der Waals surface area (Å²) < 4.78 is 11.5. The van der Waals surface area contributed by atoms with Crippen LogP contribution in [0.25, 0.3) is 0 Å². The fourth-order valence-electron chi connectivity index (χ4n) is 2.97. The average molecular weight is 276 g/mol. The Kier molecular flexibility index (Phi) is 3.50. The summed E-state index contributed by atoms with van der Waals surface area (Å²) in [6, 6.07) is 6.71. The maximum absolute atomic E-state index is 5.78. The van der Waals surface area contributed by atoms with E-state index in [1.165, 1.54) is 25.8 Å². The first kappa shape index (κ1) is 13.6. The van der Waals surface area contributed by atoms with Crippen LogP contribution < -0.4 is 14.8 Å². The quantitative estimate of drug-likeness (QED) is 0.920. The van der Waals surface area contributed by atoms with Gasteiger partial charge in [0.1, 0.15) is 0 Å². The first-order chi connectivity index (χ1) is 9.53. The lowest BCUT2D eigenvalue weighted by atomic mass is 10.0. The number of piperidine rings is 1. The van der Waals surface area contributed by atoms with Gasteiger partial charge in [-0.05, 0) is 38.6 Å². The van der Waals surface area contributed by atoms with E-state index in [1.54, 1.807) is 0 Å². The summed E-state index contributed by atoms with van der Waals surface area (Å²) in [5.74, 6) is 1.11. The van der Waals surface area contributed by atoms with Crippen molar-refractivity contribution in [3.05, 3.63) is 18.2 Å². The van der Waals surface area contributed by atoms with Crippen LogP contribution >= 0.6 is 0 Å². The van der Waals surface area contributed by atoms with Gasteiger partial charge < -0.3 is 19.7 Å². The van der Waals surface area contributed by atoms with Gasteiger partial charge in [-0.25, -0.2) is 0 Å². The molecule has 1 unspecified atom stereocenters. The molecule has 0 bridgehead atoms. The SMILES string of the molecule is CN1CCCCC1CNc1ccc2c(c1)OC(C)(C)O2. The molecular formula is C16H24N2O2. The highest BCUT2D eigenvalue weighted by Gasteiger charge is 2.31. The molecule has 0 radical (unpaired) electrons.